The van der Waals surface area contributed by atoms with Crippen LogP contribution in [0.4, 0.5) is 29.3 Å². The molecule has 1 atom stereocenters. The zero-order valence-electron chi connectivity index (χ0n) is 15.8. The van der Waals surface area contributed by atoms with Crippen LogP contribution in [-0.2, 0) is 9.59 Å². The van der Waals surface area contributed by atoms with Crippen molar-refractivity contribution < 1.29 is 27.6 Å². The smallest absolute Gasteiger partial charge is 0.302 e. The Kier molecular flexibility index (Phi) is 6.02. The van der Waals surface area contributed by atoms with E-state index in [4.69, 9.17) is 11.6 Å². The van der Waals surface area contributed by atoms with Gasteiger partial charge in [0.05, 0.1) is 0 Å². The quantitative estimate of drug-likeness (QED) is 0.659. The van der Waals surface area contributed by atoms with E-state index in [1.54, 1.807) is 30.3 Å². The molecule has 6 nitrogen and oxygen atoms in total. The normalized spacial score (nSPS) is 16.9. The first-order valence-electron chi connectivity index (χ1n) is 8.91. The van der Waals surface area contributed by atoms with Crippen LogP contribution in [0.2, 0.25) is 5.02 Å². The number of nitrogens with zero attached hydrogens (tertiary/aromatic N) is 3. The summed E-state index contributed by atoms with van der Waals surface area (Å²) in [4.78, 5) is 40.4. The van der Waals surface area contributed by atoms with Gasteiger partial charge in [0.1, 0.15) is 19.1 Å². The fourth-order valence-corrected chi connectivity index (χ4v) is 3.26. The molecule has 2 aromatic rings. The average Bonchev–Trinajstić information content (AvgIpc) is 2.90. The maximum Gasteiger partial charge on any atom is 0.406 e. The van der Waals surface area contributed by atoms with Gasteiger partial charge in [-0.2, -0.15) is 13.2 Å². The summed E-state index contributed by atoms with van der Waals surface area (Å²) in [5, 5.41) is 0.287. The van der Waals surface area contributed by atoms with Crippen LogP contribution in [0, 0.1) is 0 Å². The first kappa shape index (κ1) is 21.6. The molecule has 1 unspecified atom stereocenters. The Hall–Kier alpha value is -3.07. The monoisotopic (exact) mass is 439 g/mol. The second kappa shape index (κ2) is 8.35. The molecular weight excluding hydrogens is 423 g/mol. The van der Waals surface area contributed by atoms with Gasteiger partial charge in [-0.3, -0.25) is 19.4 Å². The van der Waals surface area contributed by atoms with Crippen molar-refractivity contribution in [3.63, 3.8) is 0 Å². The topological polar surface area (TPSA) is 60.9 Å². The van der Waals surface area contributed by atoms with Crippen molar-refractivity contribution in [3.05, 3.63) is 59.6 Å². The molecule has 0 spiro atoms. The first-order valence-corrected chi connectivity index (χ1v) is 9.28. The molecule has 1 fully saturated rings. The summed E-state index contributed by atoms with van der Waals surface area (Å²) in [6, 6.07) is 11.9. The molecule has 30 heavy (non-hydrogen) atoms. The number of benzene rings is 2. The van der Waals surface area contributed by atoms with Crippen LogP contribution in [0.25, 0.3) is 0 Å². The minimum Gasteiger partial charge on any atom is -0.302 e. The number of hydrogen-bond acceptors (Lipinski definition) is 3. The van der Waals surface area contributed by atoms with E-state index in [9.17, 15) is 27.6 Å². The molecule has 0 radical (unpaired) electrons. The molecule has 0 aromatic heterocycles. The zero-order chi connectivity index (χ0) is 22.1. The number of alkyl halides is 3. The van der Waals surface area contributed by atoms with Gasteiger partial charge in [-0.05, 0) is 43.3 Å². The number of imide groups is 1. The van der Waals surface area contributed by atoms with Crippen LogP contribution < -0.4 is 9.80 Å². The van der Waals surface area contributed by atoms with Crippen LogP contribution >= 0.6 is 11.6 Å². The SMILES string of the molecule is CC1C(=O)N(CC(=O)N(CC(F)(F)F)c2ccc(Cl)cc2)C(=O)N1c1ccccc1. The molecule has 0 bridgehead atoms. The standard InChI is InChI=1S/C20H17ClF3N3O3/c1-13-18(29)25(19(30)27(13)16-5-3-2-4-6-16)11-17(28)26(12-20(22,23)24)15-9-7-14(21)8-10-15/h2-10,13H,11-12H2,1H3. The summed E-state index contributed by atoms with van der Waals surface area (Å²) in [6.07, 6.45) is -4.68. The first-order chi connectivity index (χ1) is 14.1. The maximum absolute atomic E-state index is 13.1. The summed E-state index contributed by atoms with van der Waals surface area (Å²) in [6.45, 7) is -0.893. The Morgan fingerprint density at radius 1 is 1.07 bits per heavy atom. The molecule has 158 valence electrons. The van der Waals surface area contributed by atoms with Crippen LogP contribution in [0.1, 0.15) is 6.92 Å². The molecule has 0 saturated carbocycles. The van der Waals surface area contributed by atoms with Gasteiger partial charge >= 0.3 is 12.2 Å². The van der Waals surface area contributed by atoms with Crippen molar-refractivity contribution in [2.24, 2.45) is 0 Å². The lowest BCUT2D eigenvalue weighted by molar-refractivity contribution is -0.135. The number of carbonyl (C=O) groups excluding carboxylic acids is 3. The fraction of sp³-hybridized carbons (Fsp3) is 0.250. The summed E-state index contributed by atoms with van der Waals surface area (Å²) in [5.74, 6) is -1.71. The Balaban J connectivity index is 1.85. The van der Waals surface area contributed by atoms with Gasteiger partial charge in [-0.15, -0.1) is 0 Å². The van der Waals surface area contributed by atoms with Gasteiger partial charge in [0.2, 0.25) is 5.91 Å². The number of urea groups is 1. The summed E-state index contributed by atoms with van der Waals surface area (Å²) >= 11 is 5.77. The number of hydrogen-bond donors (Lipinski definition) is 0. The van der Waals surface area contributed by atoms with Gasteiger partial charge in [-0.25, -0.2) is 4.79 Å². The molecule has 1 aliphatic rings. The van der Waals surface area contributed by atoms with Crippen molar-refractivity contribution in [1.29, 1.82) is 0 Å². The molecular formula is C20H17ClF3N3O3. The van der Waals surface area contributed by atoms with E-state index in [-0.39, 0.29) is 10.7 Å². The van der Waals surface area contributed by atoms with Crippen molar-refractivity contribution >= 4 is 40.8 Å². The third kappa shape index (κ3) is 4.56. The van der Waals surface area contributed by atoms with Crippen LogP contribution in [0.5, 0.6) is 0 Å². The van der Waals surface area contributed by atoms with E-state index in [1.807, 2.05) is 0 Å². The highest BCUT2D eigenvalue weighted by atomic mass is 35.5. The highest BCUT2D eigenvalue weighted by Gasteiger charge is 2.45. The van der Waals surface area contributed by atoms with Gasteiger partial charge in [-0.1, -0.05) is 29.8 Å². The molecule has 0 aliphatic carbocycles. The predicted molar refractivity (Wildman–Crippen MR) is 105 cm³/mol. The molecule has 4 amide bonds. The minimum atomic E-state index is -4.68. The fourth-order valence-electron chi connectivity index (χ4n) is 3.14. The molecule has 1 saturated heterocycles. The second-order valence-corrected chi connectivity index (χ2v) is 7.10. The van der Waals surface area contributed by atoms with E-state index < -0.39 is 43.2 Å². The number of para-hydroxylation sites is 1. The third-order valence-corrected chi connectivity index (χ3v) is 4.80. The molecule has 1 heterocycles. The number of anilines is 2. The number of carbonyl (C=O) groups is 3. The number of rotatable bonds is 5. The lowest BCUT2D eigenvalue weighted by Gasteiger charge is -2.26. The summed E-state index contributed by atoms with van der Waals surface area (Å²) in [7, 11) is 0. The van der Waals surface area contributed by atoms with Crippen molar-refractivity contribution in [3.8, 4) is 0 Å². The highest BCUT2D eigenvalue weighted by Crippen LogP contribution is 2.27. The number of halogens is 4. The van der Waals surface area contributed by atoms with Gasteiger partial charge in [0.15, 0.2) is 0 Å². The van der Waals surface area contributed by atoms with E-state index in [0.717, 1.165) is 0 Å². The summed E-state index contributed by atoms with van der Waals surface area (Å²) < 4.78 is 39.2. The van der Waals surface area contributed by atoms with Crippen molar-refractivity contribution in [2.75, 3.05) is 22.9 Å². The molecule has 3 rings (SSSR count). The molecule has 2 aromatic carbocycles. The van der Waals surface area contributed by atoms with E-state index >= 15 is 0 Å². The number of amides is 4. The zero-order valence-corrected chi connectivity index (χ0v) is 16.5. The van der Waals surface area contributed by atoms with E-state index in [1.165, 1.54) is 36.1 Å². The van der Waals surface area contributed by atoms with Gasteiger partial charge in [0, 0.05) is 16.4 Å². The molecule has 1 aliphatic heterocycles. The van der Waals surface area contributed by atoms with Crippen LogP contribution in [-0.4, -0.2) is 48.1 Å². The van der Waals surface area contributed by atoms with Gasteiger partial charge in [0.25, 0.3) is 5.91 Å². The average molecular weight is 440 g/mol. The molecule has 10 heteroatoms. The van der Waals surface area contributed by atoms with E-state index in [2.05, 4.69) is 0 Å². The predicted octanol–water partition coefficient (Wildman–Crippen LogP) is 4.09. The maximum atomic E-state index is 13.1. The Morgan fingerprint density at radius 3 is 2.23 bits per heavy atom. The lowest BCUT2D eigenvalue weighted by atomic mass is 10.2. The summed E-state index contributed by atoms with van der Waals surface area (Å²) in [5.41, 5.74) is 0.400. The Bertz CT molecular complexity index is 951. The third-order valence-electron chi connectivity index (χ3n) is 4.55. The Morgan fingerprint density at radius 2 is 1.67 bits per heavy atom. The van der Waals surface area contributed by atoms with Crippen LogP contribution in [0.3, 0.4) is 0 Å². The minimum absolute atomic E-state index is 0.0474. The molecule has 0 N–H and O–H groups in total. The highest BCUT2D eigenvalue weighted by molar-refractivity contribution is 6.30. The van der Waals surface area contributed by atoms with Crippen LogP contribution in [0.15, 0.2) is 54.6 Å². The van der Waals surface area contributed by atoms with Crippen molar-refractivity contribution in [2.45, 2.75) is 19.1 Å². The van der Waals surface area contributed by atoms with Gasteiger partial charge < -0.3 is 4.90 Å². The second-order valence-electron chi connectivity index (χ2n) is 6.66. The largest absolute Gasteiger partial charge is 0.406 e. The lowest BCUT2D eigenvalue weighted by Crippen LogP contribution is -2.46. The Labute approximate surface area is 175 Å². The van der Waals surface area contributed by atoms with Crippen molar-refractivity contribution in [1.82, 2.24) is 4.90 Å². The van der Waals surface area contributed by atoms with E-state index in [0.29, 0.717) is 15.5 Å².